The number of hydrogen-bond donors (Lipinski definition) is 1. The minimum Gasteiger partial charge on any atom is -0.497 e. The number of ether oxygens (including phenoxy) is 2. The van der Waals surface area contributed by atoms with Crippen LogP contribution in [-0.2, 0) is 16.1 Å². The van der Waals surface area contributed by atoms with Crippen LogP contribution < -0.4 is 9.64 Å². The van der Waals surface area contributed by atoms with Gasteiger partial charge in [0.15, 0.2) is 6.10 Å². The van der Waals surface area contributed by atoms with Crippen molar-refractivity contribution in [2.45, 2.75) is 32.5 Å². The summed E-state index contributed by atoms with van der Waals surface area (Å²) in [4.78, 5) is 14.6. The molecule has 3 rings (SSSR count). The van der Waals surface area contributed by atoms with Crippen molar-refractivity contribution in [3.05, 3.63) is 95.6 Å². The van der Waals surface area contributed by atoms with E-state index in [0.717, 1.165) is 22.6 Å². The van der Waals surface area contributed by atoms with E-state index in [-0.39, 0.29) is 6.61 Å². The molecule has 0 aliphatic heterocycles. The number of aryl methyl sites for hydroxylation is 1. The summed E-state index contributed by atoms with van der Waals surface area (Å²) in [5.41, 5.74) is 3.92. The molecule has 1 N–H and O–H groups in total. The number of anilines is 1. The third-order valence-corrected chi connectivity index (χ3v) is 5.18. The predicted octanol–water partition coefficient (Wildman–Crippen LogP) is 4.68. The first-order chi connectivity index (χ1) is 15.0. The Hall–Kier alpha value is -3.31. The van der Waals surface area contributed by atoms with Gasteiger partial charge in [0.2, 0.25) is 0 Å². The molecule has 0 heterocycles. The molecule has 31 heavy (non-hydrogen) atoms. The number of rotatable bonds is 9. The number of methoxy groups -OCH3 is 1. The molecule has 0 amide bonds. The van der Waals surface area contributed by atoms with Gasteiger partial charge in [0.05, 0.1) is 19.8 Å². The molecule has 2 atom stereocenters. The fourth-order valence-electron chi connectivity index (χ4n) is 3.55. The Bertz CT molecular complexity index is 955. The van der Waals surface area contributed by atoms with Crippen LogP contribution in [0.5, 0.6) is 5.75 Å². The van der Waals surface area contributed by atoms with Crippen LogP contribution in [0.1, 0.15) is 29.7 Å². The quantitative estimate of drug-likeness (QED) is 0.511. The average Bonchev–Trinajstić information content (AvgIpc) is 2.81. The lowest BCUT2D eigenvalue weighted by Gasteiger charge is -2.36. The molecular formula is C26H29NO4. The normalized spacial score (nSPS) is 12.6. The molecule has 0 aromatic heterocycles. The molecular weight excluding hydrogens is 390 g/mol. The monoisotopic (exact) mass is 419 g/mol. The van der Waals surface area contributed by atoms with Gasteiger partial charge in [-0.25, -0.2) is 4.79 Å². The summed E-state index contributed by atoms with van der Waals surface area (Å²) in [6.45, 7) is 4.48. The van der Waals surface area contributed by atoms with Gasteiger partial charge in [-0.1, -0.05) is 60.2 Å². The Morgan fingerprint density at radius 3 is 2.19 bits per heavy atom. The van der Waals surface area contributed by atoms with Crippen molar-refractivity contribution >= 4 is 11.7 Å². The molecule has 0 saturated carbocycles. The van der Waals surface area contributed by atoms with E-state index in [4.69, 9.17) is 9.47 Å². The van der Waals surface area contributed by atoms with Gasteiger partial charge in [0.1, 0.15) is 5.75 Å². The lowest BCUT2D eigenvalue weighted by atomic mass is 9.97. The Morgan fingerprint density at radius 2 is 1.61 bits per heavy atom. The number of aliphatic hydroxyl groups is 1. The van der Waals surface area contributed by atoms with E-state index in [1.165, 1.54) is 5.56 Å². The molecule has 0 aliphatic carbocycles. The molecule has 0 bridgehead atoms. The molecule has 0 radical (unpaired) electrons. The van der Waals surface area contributed by atoms with E-state index in [2.05, 4.69) is 24.3 Å². The fourth-order valence-corrected chi connectivity index (χ4v) is 3.55. The minimum absolute atomic E-state index is 0.206. The van der Waals surface area contributed by atoms with Gasteiger partial charge in [-0.05, 0) is 49.2 Å². The van der Waals surface area contributed by atoms with Crippen molar-refractivity contribution in [2.75, 3.05) is 18.6 Å². The van der Waals surface area contributed by atoms with Crippen molar-refractivity contribution < 1.29 is 19.4 Å². The highest BCUT2D eigenvalue weighted by Gasteiger charge is 2.34. The van der Waals surface area contributed by atoms with E-state index in [1.807, 2.05) is 66.4 Å². The van der Waals surface area contributed by atoms with E-state index in [0.29, 0.717) is 6.54 Å². The standard InChI is InChI=1S/C26H29NO4/c1-4-31-26(29)25(28)24(21-8-6-5-7-9-21)27(18-20-12-10-19(2)11-13-20)22-14-16-23(30-3)17-15-22/h5-17,24-25,28H,4,18H2,1-3H3/t24-,25-/m1/s1. The highest BCUT2D eigenvalue weighted by atomic mass is 16.5. The summed E-state index contributed by atoms with van der Waals surface area (Å²) in [5.74, 6) is 0.0972. The zero-order valence-electron chi connectivity index (χ0n) is 18.2. The van der Waals surface area contributed by atoms with Crippen molar-refractivity contribution in [3.8, 4) is 5.75 Å². The van der Waals surface area contributed by atoms with Crippen molar-refractivity contribution in [1.82, 2.24) is 0 Å². The lowest BCUT2D eigenvalue weighted by molar-refractivity contribution is -0.154. The lowest BCUT2D eigenvalue weighted by Crippen LogP contribution is -2.41. The summed E-state index contributed by atoms with van der Waals surface area (Å²) >= 11 is 0. The Balaban J connectivity index is 2.08. The SMILES string of the molecule is CCOC(=O)[C@H](O)[C@@H](c1ccccc1)N(Cc1ccc(C)cc1)c1ccc(OC)cc1. The summed E-state index contributed by atoms with van der Waals surface area (Å²) in [7, 11) is 1.62. The average molecular weight is 420 g/mol. The van der Waals surface area contributed by atoms with E-state index >= 15 is 0 Å². The number of hydrogen-bond acceptors (Lipinski definition) is 5. The second-order valence-corrected chi connectivity index (χ2v) is 7.36. The zero-order valence-corrected chi connectivity index (χ0v) is 18.2. The fraction of sp³-hybridized carbons (Fsp3) is 0.269. The van der Waals surface area contributed by atoms with E-state index < -0.39 is 18.1 Å². The number of carbonyl (C=O) groups is 1. The number of nitrogens with zero attached hydrogens (tertiary/aromatic N) is 1. The molecule has 5 nitrogen and oxygen atoms in total. The molecule has 5 heteroatoms. The van der Waals surface area contributed by atoms with Crippen molar-refractivity contribution in [3.63, 3.8) is 0 Å². The van der Waals surface area contributed by atoms with E-state index in [1.54, 1.807) is 14.0 Å². The summed E-state index contributed by atoms with van der Waals surface area (Å²) in [6.07, 6.45) is -1.35. The predicted molar refractivity (Wildman–Crippen MR) is 122 cm³/mol. The summed E-state index contributed by atoms with van der Waals surface area (Å²) in [6, 6.07) is 24.8. The highest BCUT2D eigenvalue weighted by Crippen LogP contribution is 2.33. The Morgan fingerprint density at radius 1 is 0.968 bits per heavy atom. The number of benzene rings is 3. The third kappa shape index (κ3) is 5.64. The zero-order chi connectivity index (χ0) is 22.2. The Kier molecular flexibility index (Phi) is 7.68. The molecule has 3 aromatic rings. The van der Waals surface area contributed by atoms with Gasteiger partial charge >= 0.3 is 5.97 Å². The first-order valence-electron chi connectivity index (χ1n) is 10.4. The van der Waals surface area contributed by atoms with Gasteiger partial charge in [-0.3, -0.25) is 0 Å². The first-order valence-corrected chi connectivity index (χ1v) is 10.4. The third-order valence-electron chi connectivity index (χ3n) is 5.18. The highest BCUT2D eigenvalue weighted by molar-refractivity contribution is 5.76. The van der Waals surface area contributed by atoms with Crippen LogP contribution in [-0.4, -0.2) is 30.9 Å². The second-order valence-electron chi connectivity index (χ2n) is 7.36. The number of carbonyl (C=O) groups excluding carboxylic acids is 1. The smallest absolute Gasteiger partial charge is 0.337 e. The topological polar surface area (TPSA) is 59.0 Å². The van der Waals surface area contributed by atoms with Crippen LogP contribution in [0.3, 0.4) is 0 Å². The summed E-state index contributed by atoms with van der Waals surface area (Å²) < 4.78 is 10.5. The van der Waals surface area contributed by atoms with Gasteiger partial charge in [-0.15, -0.1) is 0 Å². The van der Waals surface area contributed by atoms with Crippen molar-refractivity contribution in [2.24, 2.45) is 0 Å². The largest absolute Gasteiger partial charge is 0.497 e. The van der Waals surface area contributed by atoms with Crippen LogP contribution >= 0.6 is 0 Å². The van der Waals surface area contributed by atoms with Crippen LogP contribution in [0.2, 0.25) is 0 Å². The van der Waals surface area contributed by atoms with Crippen LogP contribution in [0.15, 0.2) is 78.9 Å². The van der Waals surface area contributed by atoms with Gasteiger partial charge in [0.25, 0.3) is 0 Å². The molecule has 0 unspecified atom stereocenters. The minimum atomic E-state index is -1.35. The van der Waals surface area contributed by atoms with Crippen LogP contribution in [0.4, 0.5) is 5.69 Å². The maximum atomic E-state index is 12.6. The molecule has 3 aromatic carbocycles. The van der Waals surface area contributed by atoms with Gasteiger partial charge in [-0.2, -0.15) is 0 Å². The molecule has 0 saturated heterocycles. The number of aliphatic hydroxyl groups excluding tert-OH is 1. The molecule has 0 spiro atoms. The van der Waals surface area contributed by atoms with Crippen LogP contribution in [0.25, 0.3) is 0 Å². The molecule has 0 aliphatic rings. The molecule has 0 fully saturated rings. The van der Waals surface area contributed by atoms with Gasteiger partial charge < -0.3 is 19.5 Å². The second kappa shape index (κ2) is 10.6. The van der Waals surface area contributed by atoms with E-state index in [9.17, 15) is 9.90 Å². The summed E-state index contributed by atoms with van der Waals surface area (Å²) in [5, 5.41) is 11.1. The Labute approximate surface area is 183 Å². The van der Waals surface area contributed by atoms with Gasteiger partial charge in [0, 0.05) is 12.2 Å². The maximum Gasteiger partial charge on any atom is 0.337 e. The maximum absolute atomic E-state index is 12.6. The molecule has 162 valence electrons. The first kappa shape index (κ1) is 22.4. The van der Waals surface area contributed by atoms with Crippen LogP contribution in [0, 0.1) is 6.92 Å². The number of esters is 1. The van der Waals surface area contributed by atoms with Crippen molar-refractivity contribution in [1.29, 1.82) is 0 Å².